The van der Waals surface area contributed by atoms with Crippen molar-refractivity contribution >= 4 is 24.2 Å². The van der Waals surface area contributed by atoms with E-state index in [1.807, 2.05) is 18.2 Å². The predicted molar refractivity (Wildman–Crippen MR) is 77.9 cm³/mol. The summed E-state index contributed by atoms with van der Waals surface area (Å²) >= 11 is 10.5. The molecular weight excluding hydrogens is 250 g/mol. The summed E-state index contributed by atoms with van der Waals surface area (Å²) in [7, 11) is 2.18. The van der Waals surface area contributed by atoms with Crippen molar-refractivity contribution < 1.29 is 0 Å². The fourth-order valence-corrected chi connectivity index (χ4v) is 3.25. The van der Waals surface area contributed by atoms with Gasteiger partial charge in [-0.15, -0.1) is 0 Å². The van der Waals surface area contributed by atoms with Crippen molar-refractivity contribution in [3.8, 4) is 0 Å². The summed E-state index contributed by atoms with van der Waals surface area (Å²) in [6, 6.07) is 8.12. The fourth-order valence-electron chi connectivity index (χ4n) is 2.62. The Bertz CT molecular complexity index is 371. The lowest BCUT2D eigenvalue weighted by Gasteiger charge is -2.43. The Morgan fingerprint density at radius 3 is 2.71 bits per heavy atom. The number of nitrogens with zero attached hydrogens (tertiary/aromatic N) is 1. The smallest absolute Gasteiger partial charge is 0.0409 e. The molecule has 1 aromatic carbocycles. The van der Waals surface area contributed by atoms with Crippen LogP contribution in [0, 0.1) is 5.41 Å². The number of rotatable bonds is 5. The molecule has 0 amide bonds. The third-order valence-corrected chi connectivity index (χ3v) is 4.60. The van der Waals surface area contributed by atoms with Crippen molar-refractivity contribution in [3.63, 3.8) is 0 Å². The molecule has 2 rings (SSSR count). The van der Waals surface area contributed by atoms with Crippen molar-refractivity contribution in [2.24, 2.45) is 5.41 Å². The van der Waals surface area contributed by atoms with E-state index >= 15 is 0 Å². The van der Waals surface area contributed by atoms with Crippen LogP contribution in [0.1, 0.15) is 24.8 Å². The Hall–Kier alpha value is -0.180. The van der Waals surface area contributed by atoms with E-state index in [0.717, 1.165) is 23.9 Å². The molecule has 1 nitrogen and oxygen atoms in total. The topological polar surface area (TPSA) is 3.24 Å². The predicted octanol–water partition coefficient (Wildman–Crippen LogP) is 3.87. The van der Waals surface area contributed by atoms with Crippen LogP contribution in [0.15, 0.2) is 24.3 Å². The summed E-state index contributed by atoms with van der Waals surface area (Å²) in [6.07, 6.45) is 4.03. The lowest BCUT2D eigenvalue weighted by molar-refractivity contribution is 0.102. The second-order valence-corrected chi connectivity index (χ2v) is 6.07. The largest absolute Gasteiger partial charge is 0.302 e. The Labute approximate surface area is 115 Å². The summed E-state index contributed by atoms with van der Waals surface area (Å²) < 4.78 is 0. The van der Waals surface area contributed by atoms with E-state index in [2.05, 4.69) is 30.6 Å². The van der Waals surface area contributed by atoms with E-state index in [1.54, 1.807) is 0 Å². The Kier molecular flexibility index (Phi) is 4.40. The van der Waals surface area contributed by atoms with Gasteiger partial charge < -0.3 is 4.90 Å². The highest BCUT2D eigenvalue weighted by Gasteiger charge is 2.36. The molecule has 1 saturated carbocycles. The van der Waals surface area contributed by atoms with Crippen molar-refractivity contribution in [2.75, 3.05) is 19.3 Å². The molecule has 3 heteroatoms. The van der Waals surface area contributed by atoms with Gasteiger partial charge in [0.1, 0.15) is 0 Å². The molecule has 94 valence electrons. The van der Waals surface area contributed by atoms with Gasteiger partial charge in [-0.25, -0.2) is 0 Å². The Morgan fingerprint density at radius 1 is 1.41 bits per heavy atom. The van der Waals surface area contributed by atoms with Crippen LogP contribution >= 0.6 is 24.2 Å². The first kappa shape index (κ1) is 13.3. The van der Waals surface area contributed by atoms with Crippen molar-refractivity contribution in [1.29, 1.82) is 0 Å². The van der Waals surface area contributed by atoms with Crippen LogP contribution in [0.4, 0.5) is 0 Å². The van der Waals surface area contributed by atoms with Crippen LogP contribution in [0.25, 0.3) is 0 Å². The molecule has 1 fully saturated rings. The van der Waals surface area contributed by atoms with Crippen LogP contribution in [0.3, 0.4) is 0 Å². The zero-order valence-corrected chi connectivity index (χ0v) is 12.0. The van der Waals surface area contributed by atoms with Gasteiger partial charge in [0, 0.05) is 18.1 Å². The minimum atomic E-state index is 0.469. The van der Waals surface area contributed by atoms with Crippen LogP contribution in [0.2, 0.25) is 5.02 Å². The zero-order chi connectivity index (χ0) is 12.3. The van der Waals surface area contributed by atoms with Crippen molar-refractivity contribution in [2.45, 2.75) is 25.8 Å². The molecule has 0 unspecified atom stereocenters. The number of benzene rings is 1. The molecule has 1 aromatic rings. The summed E-state index contributed by atoms with van der Waals surface area (Å²) in [4.78, 5) is 2.39. The number of hydrogen-bond donors (Lipinski definition) is 1. The summed E-state index contributed by atoms with van der Waals surface area (Å²) in [5, 5.41) is 0.823. The van der Waals surface area contributed by atoms with E-state index in [-0.39, 0.29) is 0 Å². The van der Waals surface area contributed by atoms with Crippen LogP contribution in [-0.4, -0.2) is 24.2 Å². The maximum Gasteiger partial charge on any atom is 0.0409 e. The quantitative estimate of drug-likeness (QED) is 0.794. The van der Waals surface area contributed by atoms with Gasteiger partial charge in [-0.05, 0) is 48.8 Å². The van der Waals surface area contributed by atoms with Crippen LogP contribution in [0.5, 0.6) is 0 Å². The molecule has 0 bridgehead atoms. The molecule has 0 aliphatic heterocycles. The lowest BCUT2D eigenvalue weighted by Crippen LogP contribution is -2.42. The molecule has 0 aromatic heterocycles. The van der Waals surface area contributed by atoms with Gasteiger partial charge in [-0.3, -0.25) is 0 Å². The van der Waals surface area contributed by atoms with Gasteiger partial charge >= 0.3 is 0 Å². The molecule has 1 aliphatic rings. The second kappa shape index (κ2) is 5.64. The van der Waals surface area contributed by atoms with E-state index in [1.165, 1.54) is 24.8 Å². The Morgan fingerprint density at radius 2 is 2.18 bits per heavy atom. The number of halogens is 1. The average molecular weight is 270 g/mol. The molecule has 0 atom stereocenters. The fraction of sp³-hybridized carbons (Fsp3) is 0.571. The molecule has 1 aliphatic carbocycles. The molecule has 0 saturated heterocycles. The zero-order valence-electron chi connectivity index (χ0n) is 10.3. The SMILES string of the molecule is CN(Cc1cccc(Cl)c1)CC1(CS)CCC1. The highest BCUT2D eigenvalue weighted by atomic mass is 35.5. The molecule has 0 radical (unpaired) electrons. The molecule has 0 heterocycles. The first-order chi connectivity index (χ1) is 8.13. The Balaban J connectivity index is 1.90. The normalized spacial score (nSPS) is 18.1. The third-order valence-electron chi connectivity index (χ3n) is 3.70. The van der Waals surface area contributed by atoms with Gasteiger partial charge in [0.15, 0.2) is 0 Å². The molecule has 0 N–H and O–H groups in total. The monoisotopic (exact) mass is 269 g/mol. The first-order valence-electron chi connectivity index (χ1n) is 6.17. The van der Waals surface area contributed by atoms with Gasteiger partial charge in [-0.1, -0.05) is 30.2 Å². The lowest BCUT2D eigenvalue weighted by atomic mass is 9.70. The van der Waals surface area contributed by atoms with E-state index in [9.17, 15) is 0 Å². The summed E-state index contributed by atoms with van der Waals surface area (Å²) in [5.41, 5.74) is 1.75. The second-order valence-electron chi connectivity index (χ2n) is 5.31. The van der Waals surface area contributed by atoms with E-state index < -0.39 is 0 Å². The molecule has 17 heavy (non-hydrogen) atoms. The summed E-state index contributed by atoms with van der Waals surface area (Å²) in [5.74, 6) is 1.01. The standard InChI is InChI=1S/C14H20ClNS/c1-16(10-14(11-17)6-3-7-14)9-12-4-2-5-13(15)8-12/h2,4-5,8,17H,3,6-7,9-11H2,1H3. The van der Waals surface area contributed by atoms with Gasteiger partial charge in [0.25, 0.3) is 0 Å². The van der Waals surface area contributed by atoms with Crippen molar-refractivity contribution in [3.05, 3.63) is 34.9 Å². The first-order valence-corrected chi connectivity index (χ1v) is 7.18. The maximum atomic E-state index is 6.00. The number of thiol groups is 1. The minimum absolute atomic E-state index is 0.469. The van der Waals surface area contributed by atoms with Gasteiger partial charge in [0.05, 0.1) is 0 Å². The summed E-state index contributed by atoms with van der Waals surface area (Å²) in [6.45, 7) is 2.11. The molecular formula is C14H20ClNS. The van der Waals surface area contributed by atoms with Crippen LogP contribution in [-0.2, 0) is 6.54 Å². The van der Waals surface area contributed by atoms with Gasteiger partial charge in [0.2, 0.25) is 0 Å². The van der Waals surface area contributed by atoms with E-state index in [0.29, 0.717) is 5.41 Å². The number of hydrogen-bond acceptors (Lipinski definition) is 2. The van der Waals surface area contributed by atoms with Crippen molar-refractivity contribution in [1.82, 2.24) is 4.90 Å². The highest BCUT2D eigenvalue weighted by molar-refractivity contribution is 7.80. The van der Waals surface area contributed by atoms with Crippen LogP contribution < -0.4 is 0 Å². The average Bonchev–Trinajstić information content (AvgIpc) is 2.23. The third kappa shape index (κ3) is 3.40. The van der Waals surface area contributed by atoms with Gasteiger partial charge in [-0.2, -0.15) is 12.6 Å². The highest BCUT2D eigenvalue weighted by Crippen LogP contribution is 2.42. The molecule has 0 spiro atoms. The van der Waals surface area contributed by atoms with E-state index in [4.69, 9.17) is 11.6 Å². The maximum absolute atomic E-state index is 6.00. The minimum Gasteiger partial charge on any atom is -0.302 e.